The molecule has 2 heterocycles. The molecule has 0 radical (unpaired) electrons. The highest BCUT2D eigenvalue weighted by Gasteiger charge is 2.17. The third kappa shape index (κ3) is 4.43. The maximum atomic E-state index is 14.6. The maximum Gasteiger partial charge on any atom is 0.224 e. The van der Waals surface area contributed by atoms with Gasteiger partial charge in [-0.1, -0.05) is 42.5 Å². The highest BCUT2D eigenvalue weighted by Crippen LogP contribution is 2.33. The van der Waals surface area contributed by atoms with E-state index in [-0.39, 0.29) is 11.7 Å². The highest BCUT2D eigenvalue weighted by atomic mass is 19.1. The minimum atomic E-state index is -0.317. The number of amides is 1. The van der Waals surface area contributed by atoms with E-state index in [1.807, 2.05) is 42.5 Å². The maximum absolute atomic E-state index is 14.6. The van der Waals surface area contributed by atoms with Crippen molar-refractivity contribution in [3.05, 3.63) is 96.7 Å². The summed E-state index contributed by atoms with van der Waals surface area (Å²) in [5.41, 5.74) is 3.83. The van der Waals surface area contributed by atoms with Crippen LogP contribution in [0.15, 0.2) is 85.3 Å². The molecule has 0 unspecified atom stereocenters. The number of hydrogen-bond acceptors (Lipinski definition) is 3. The number of halogens is 1. The summed E-state index contributed by atoms with van der Waals surface area (Å²) in [6.45, 7) is 0.819. The van der Waals surface area contributed by atoms with Crippen LogP contribution in [0.5, 0.6) is 0 Å². The van der Waals surface area contributed by atoms with E-state index >= 15 is 0 Å². The second-order valence-corrected chi connectivity index (χ2v) is 6.86. The second-order valence-electron chi connectivity index (χ2n) is 6.86. The third-order valence-electron chi connectivity index (χ3n) is 4.81. The first kappa shape index (κ1) is 19.5. The van der Waals surface area contributed by atoms with Crippen molar-refractivity contribution in [2.24, 2.45) is 0 Å². The summed E-state index contributed by atoms with van der Waals surface area (Å²) in [6.07, 6.45) is 5.44. The molecule has 0 bridgehead atoms. The van der Waals surface area contributed by atoms with Crippen LogP contribution in [-0.2, 0) is 17.8 Å². The molecule has 4 rings (SSSR count). The number of nitrogens with one attached hydrogen (secondary N) is 1. The lowest BCUT2D eigenvalue weighted by atomic mass is 10.0. The molecule has 6 heteroatoms. The molecule has 5 nitrogen and oxygen atoms in total. The van der Waals surface area contributed by atoms with Crippen LogP contribution in [0, 0.1) is 5.82 Å². The van der Waals surface area contributed by atoms with Gasteiger partial charge >= 0.3 is 0 Å². The van der Waals surface area contributed by atoms with E-state index in [0.29, 0.717) is 30.8 Å². The molecule has 0 atom stereocenters. The SMILES string of the molecule is O=C(Cc1ccccc1)NCCn1ncc(-c2ccncc2)c1-c1ccccc1F. The predicted octanol–water partition coefficient (Wildman–Crippen LogP) is 4.11. The van der Waals surface area contributed by atoms with Crippen LogP contribution in [-0.4, -0.2) is 27.2 Å². The van der Waals surface area contributed by atoms with Crippen LogP contribution in [0.1, 0.15) is 5.56 Å². The Morgan fingerprint density at radius 3 is 2.43 bits per heavy atom. The van der Waals surface area contributed by atoms with Crippen molar-refractivity contribution in [3.8, 4) is 22.4 Å². The van der Waals surface area contributed by atoms with E-state index < -0.39 is 0 Å². The van der Waals surface area contributed by atoms with Crippen LogP contribution in [0.25, 0.3) is 22.4 Å². The molecule has 0 aliphatic rings. The standard InChI is InChI=1S/C24H21FN4O/c25-22-9-5-4-8-20(22)24-21(19-10-12-26-13-11-19)17-28-29(24)15-14-27-23(30)16-18-6-2-1-3-7-18/h1-13,17H,14-16H2,(H,27,30). The van der Waals surface area contributed by atoms with Gasteiger partial charge in [0.25, 0.3) is 0 Å². The van der Waals surface area contributed by atoms with Gasteiger partial charge in [-0.05, 0) is 35.4 Å². The molecular formula is C24H21FN4O. The van der Waals surface area contributed by atoms with E-state index in [0.717, 1.165) is 16.7 Å². The smallest absolute Gasteiger partial charge is 0.224 e. The molecule has 30 heavy (non-hydrogen) atoms. The fourth-order valence-electron chi connectivity index (χ4n) is 3.38. The number of aromatic nitrogens is 3. The van der Waals surface area contributed by atoms with Crippen LogP contribution in [0.4, 0.5) is 4.39 Å². The molecule has 0 spiro atoms. The van der Waals surface area contributed by atoms with Crippen molar-refractivity contribution in [3.63, 3.8) is 0 Å². The van der Waals surface area contributed by atoms with Crippen LogP contribution >= 0.6 is 0 Å². The third-order valence-corrected chi connectivity index (χ3v) is 4.81. The lowest BCUT2D eigenvalue weighted by Crippen LogP contribution is -2.29. The van der Waals surface area contributed by atoms with Gasteiger partial charge in [0.05, 0.1) is 24.9 Å². The van der Waals surface area contributed by atoms with Gasteiger partial charge in [-0.2, -0.15) is 5.10 Å². The van der Waals surface area contributed by atoms with Crippen molar-refractivity contribution < 1.29 is 9.18 Å². The number of rotatable bonds is 7. The number of benzene rings is 2. The van der Waals surface area contributed by atoms with Gasteiger partial charge in [0, 0.05) is 30.1 Å². The fraction of sp³-hybridized carbons (Fsp3) is 0.125. The van der Waals surface area contributed by atoms with Gasteiger partial charge in [-0.15, -0.1) is 0 Å². The molecule has 2 aromatic heterocycles. The first-order valence-corrected chi connectivity index (χ1v) is 9.74. The Morgan fingerprint density at radius 1 is 0.933 bits per heavy atom. The zero-order valence-electron chi connectivity index (χ0n) is 16.3. The molecular weight excluding hydrogens is 379 g/mol. The molecule has 0 fully saturated rings. The van der Waals surface area contributed by atoms with E-state index in [2.05, 4.69) is 15.4 Å². The average molecular weight is 400 g/mol. The minimum Gasteiger partial charge on any atom is -0.354 e. The molecule has 2 aromatic carbocycles. The summed E-state index contributed by atoms with van der Waals surface area (Å²) in [6, 6.07) is 20.0. The average Bonchev–Trinajstić information content (AvgIpc) is 3.19. The zero-order chi connectivity index (χ0) is 20.8. The Morgan fingerprint density at radius 2 is 1.67 bits per heavy atom. The zero-order valence-corrected chi connectivity index (χ0v) is 16.3. The number of carbonyl (C=O) groups excluding carboxylic acids is 1. The van der Waals surface area contributed by atoms with Gasteiger partial charge < -0.3 is 5.32 Å². The van der Waals surface area contributed by atoms with E-state index in [9.17, 15) is 9.18 Å². The van der Waals surface area contributed by atoms with Gasteiger partial charge in [-0.3, -0.25) is 14.5 Å². The number of nitrogens with zero attached hydrogens (tertiary/aromatic N) is 3. The Balaban J connectivity index is 1.54. The largest absolute Gasteiger partial charge is 0.354 e. The molecule has 1 N–H and O–H groups in total. The summed E-state index contributed by atoms with van der Waals surface area (Å²) < 4.78 is 16.3. The highest BCUT2D eigenvalue weighted by molar-refractivity contribution is 5.81. The van der Waals surface area contributed by atoms with E-state index in [4.69, 9.17) is 0 Å². The molecule has 1 amide bonds. The molecule has 0 aliphatic carbocycles. The van der Waals surface area contributed by atoms with Crippen molar-refractivity contribution in [2.75, 3.05) is 6.54 Å². The lowest BCUT2D eigenvalue weighted by molar-refractivity contribution is -0.120. The van der Waals surface area contributed by atoms with Crippen molar-refractivity contribution in [1.29, 1.82) is 0 Å². The Labute approximate surface area is 174 Å². The van der Waals surface area contributed by atoms with Crippen LogP contribution < -0.4 is 5.32 Å². The number of pyridine rings is 1. The minimum absolute atomic E-state index is 0.0600. The number of hydrogen-bond donors (Lipinski definition) is 1. The lowest BCUT2D eigenvalue weighted by Gasteiger charge is -2.12. The van der Waals surface area contributed by atoms with Crippen molar-refractivity contribution in [2.45, 2.75) is 13.0 Å². The topological polar surface area (TPSA) is 59.8 Å². The van der Waals surface area contributed by atoms with Crippen molar-refractivity contribution in [1.82, 2.24) is 20.1 Å². The van der Waals surface area contributed by atoms with Gasteiger partial charge in [0.1, 0.15) is 5.82 Å². The summed E-state index contributed by atoms with van der Waals surface area (Å²) in [7, 11) is 0. The van der Waals surface area contributed by atoms with E-state index in [1.165, 1.54) is 6.07 Å². The van der Waals surface area contributed by atoms with E-state index in [1.54, 1.807) is 41.5 Å². The molecule has 0 aliphatic heterocycles. The van der Waals surface area contributed by atoms with Crippen molar-refractivity contribution >= 4 is 5.91 Å². The molecule has 0 saturated heterocycles. The quantitative estimate of drug-likeness (QED) is 0.508. The normalized spacial score (nSPS) is 10.7. The molecule has 0 saturated carbocycles. The molecule has 150 valence electrons. The first-order chi connectivity index (χ1) is 14.7. The Kier molecular flexibility index (Phi) is 5.94. The van der Waals surface area contributed by atoms with Gasteiger partial charge in [0.15, 0.2) is 0 Å². The van der Waals surface area contributed by atoms with Crippen LogP contribution in [0.2, 0.25) is 0 Å². The first-order valence-electron chi connectivity index (χ1n) is 9.74. The molecule has 4 aromatic rings. The Hall–Kier alpha value is -3.80. The number of carbonyl (C=O) groups is 1. The van der Waals surface area contributed by atoms with Crippen LogP contribution in [0.3, 0.4) is 0 Å². The summed E-state index contributed by atoms with van der Waals surface area (Å²) >= 11 is 0. The van der Waals surface area contributed by atoms with Gasteiger partial charge in [0.2, 0.25) is 5.91 Å². The monoisotopic (exact) mass is 400 g/mol. The summed E-state index contributed by atoms with van der Waals surface area (Å²) in [4.78, 5) is 16.3. The summed E-state index contributed by atoms with van der Waals surface area (Å²) in [5.74, 6) is -0.377. The predicted molar refractivity (Wildman–Crippen MR) is 114 cm³/mol. The van der Waals surface area contributed by atoms with Gasteiger partial charge in [-0.25, -0.2) is 4.39 Å². The summed E-state index contributed by atoms with van der Waals surface area (Å²) in [5, 5.41) is 7.39. The second kappa shape index (κ2) is 9.13. The Bertz CT molecular complexity index is 1130. The fourth-order valence-corrected chi connectivity index (χ4v) is 3.38.